The number of H-pyrrole nitrogens is 2. The third-order valence-electron chi connectivity index (χ3n) is 4.27. The van der Waals surface area contributed by atoms with Gasteiger partial charge in [0.25, 0.3) is 0 Å². The molecule has 0 saturated heterocycles. The van der Waals surface area contributed by atoms with Gasteiger partial charge >= 0.3 is 0 Å². The van der Waals surface area contributed by atoms with Crippen molar-refractivity contribution in [3.05, 3.63) is 67.1 Å². The number of nitrogens with zero attached hydrogens (tertiary/aromatic N) is 3. The zero-order chi connectivity index (χ0) is 15.9. The first-order chi connectivity index (χ1) is 11.9. The normalized spacial score (nSPS) is 11.3. The van der Waals surface area contributed by atoms with Gasteiger partial charge in [-0.05, 0) is 35.9 Å². The van der Waals surface area contributed by atoms with E-state index in [1.165, 1.54) is 0 Å². The molecule has 2 N–H and O–H groups in total. The third kappa shape index (κ3) is 1.99. The van der Waals surface area contributed by atoms with Crippen LogP contribution < -0.4 is 0 Å². The van der Waals surface area contributed by atoms with Gasteiger partial charge in [-0.15, -0.1) is 0 Å². The molecule has 0 aliphatic rings. The van der Waals surface area contributed by atoms with Crippen LogP contribution in [0.5, 0.6) is 0 Å². The van der Waals surface area contributed by atoms with E-state index < -0.39 is 0 Å². The lowest BCUT2D eigenvalue weighted by Crippen LogP contribution is -1.89. The lowest BCUT2D eigenvalue weighted by molar-refractivity contribution is 1.12. The van der Waals surface area contributed by atoms with Crippen LogP contribution >= 0.6 is 0 Å². The molecule has 0 aliphatic carbocycles. The molecule has 2 aromatic carbocycles. The second kappa shape index (κ2) is 5.03. The number of aromatic nitrogens is 5. The number of rotatable bonds is 2. The SMILES string of the molecule is c1cnc(-c2ccc3[nH]ncc3c2)c(-c2ccc3[nH]ncc3c2)c1. The van der Waals surface area contributed by atoms with Crippen molar-refractivity contribution in [3.8, 4) is 22.4 Å². The number of benzene rings is 2. The molecular weight excluding hydrogens is 298 g/mol. The Balaban J connectivity index is 1.72. The highest BCUT2D eigenvalue weighted by Crippen LogP contribution is 2.32. The Morgan fingerprint density at radius 3 is 2.12 bits per heavy atom. The Hall–Kier alpha value is -3.47. The molecule has 0 atom stereocenters. The molecule has 0 aliphatic heterocycles. The number of aromatic amines is 2. The number of nitrogens with one attached hydrogen (secondary N) is 2. The molecule has 0 unspecified atom stereocenters. The quantitative estimate of drug-likeness (QED) is 0.514. The van der Waals surface area contributed by atoms with Crippen LogP contribution in [0.1, 0.15) is 0 Å². The van der Waals surface area contributed by atoms with E-state index in [9.17, 15) is 0 Å². The topological polar surface area (TPSA) is 70.2 Å². The van der Waals surface area contributed by atoms with Gasteiger partial charge in [-0.25, -0.2) is 0 Å². The number of hydrogen-bond acceptors (Lipinski definition) is 3. The third-order valence-corrected chi connectivity index (χ3v) is 4.27. The summed E-state index contributed by atoms with van der Waals surface area (Å²) in [6.45, 7) is 0. The molecule has 0 spiro atoms. The molecule has 0 bridgehead atoms. The van der Waals surface area contributed by atoms with Crippen LogP contribution in [0, 0.1) is 0 Å². The minimum atomic E-state index is 0.962. The molecule has 5 rings (SSSR count). The van der Waals surface area contributed by atoms with Gasteiger partial charge in [0, 0.05) is 28.1 Å². The Morgan fingerprint density at radius 2 is 1.38 bits per heavy atom. The van der Waals surface area contributed by atoms with Crippen LogP contribution in [0.4, 0.5) is 0 Å². The van der Waals surface area contributed by atoms with Gasteiger partial charge in [0.1, 0.15) is 0 Å². The van der Waals surface area contributed by atoms with E-state index in [1.54, 1.807) is 0 Å². The van der Waals surface area contributed by atoms with Crippen molar-refractivity contribution in [1.29, 1.82) is 0 Å². The van der Waals surface area contributed by atoms with E-state index >= 15 is 0 Å². The second-order valence-corrected chi connectivity index (χ2v) is 5.74. The fourth-order valence-electron chi connectivity index (χ4n) is 3.07. The molecule has 0 amide bonds. The van der Waals surface area contributed by atoms with Crippen molar-refractivity contribution in [2.45, 2.75) is 0 Å². The molecule has 0 fully saturated rings. The van der Waals surface area contributed by atoms with Crippen molar-refractivity contribution < 1.29 is 0 Å². The van der Waals surface area contributed by atoms with E-state index in [1.807, 2.05) is 36.8 Å². The summed E-state index contributed by atoms with van der Waals surface area (Å²) in [6.07, 6.45) is 5.50. The molecule has 5 nitrogen and oxygen atoms in total. The van der Waals surface area contributed by atoms with Crippen molar-refractivity contribution in [1.82, 2.24) is 25.4 Å². The molecule has 114 valence electrons. The average Bonchev–Trinajstić information content (AvgIpc) is 3.29. The molecule has 0 saturated carbocycles. The highest BCUT2D eigenvalue weighted by molar-refractivity contribution is 5.90. The van der Waals surface area contributed by atoms with Gasteiger partial charge in [0.05, 0.1) is 29.1 Å². The zero-order valence-electron chi connectivity index (χ0n) is 12.7. The first-order valence-electron chi connectivity index (χ1n) is 7.70. The summed E-state index contributed by atoms with van der Waals surface area (Å²) in [5, 5.41) is 16.3. The van der Waals surface area contributed by atoms with E-state index in [2.05, 4.69) is 55.7 Å². The summed E-state index contributed by atoms with van der Waals surface area (Å²) >= 11 is 0. The van der Waals surface area contributed by atoms with E-state index in [0.29, 0.717) is 0 Å². The summed E-state index contributed by atoms with van der Waals surface area (Å²) in [5.41, 5.74) is 6.32. The first kappa shape index (κ1) is 13.0. The number of fused-ring (bicyclic) bond motifs is 2. The van der Waals surface area contributed by atoms with Crippen molar-refractivity contribution in [2.24, 2.45) is 0 Å². The van der Waals surface area contributed by atoms with Crippen molar-refractivity contribution in [2.75, 3.05) is 0 Å². The molecule has 24 heavy (non-hydrogen) atoms. The van der Waals surface area contributed by atoms with Gasteiger partial charge in [-0.3, -0.25) is 15.2 Å². The molecule has 5 heteroatoms. The van der Waals surface area contributed by atoms with Gasteiger partial charge in [-0.1, -0.05) is 18.2 Å². The predicted molar refractivity (Wildman–Crippen MR) is 94.4 cm³/mol. The Morgan fingerprint density at radius 1 is 0.708 bits per heavy atom. The lowest BCUT2D eigenvalue weighted by atomic mass is 9.98. The fourth-order valence-corrected chi connectivity index (χ4v) is 3.07. The predicted octanol–water partition coefficient (Wildman–Crippen LogP) is 4.17. The maximum atomic E-state index is 4.63. The van der Waals surface area contributed by atoms with Crippen LogP contribution in [0.25, 0.3) is 44.2 Å². The summed E-state index contributed by atoms with van der Waals surface area (Å²) in [7, 11) is 0. The molecule has 3 heterocycles. The summed E-state index contributed by atoms with van der Waals surface area (Å²) < 4.78 is 0. The molecule has 5 aromatic rings. The fraction of sp³-hybridized carbons (Fsp3) is 0. The molecule has 0 radical (unpaired) electrons. The van der Waals surface area contributed by atoms with Crippen LogP contribution in [0.15, 0.2) is 67.1 Å². The lowest BCUT2D eigenvalue weighted by Gasteiger charge is -2.09. The van der Waals surface area contributed by atoms with Crippen LogP contribution in [0.2, 0.25) is 0 Å². The zero-order valence-corrected chi connectivity index (χ0v) is 12.7. The summed E-state index contributed by atoms with van der Waals surface area (Å²) in [4.78, 5) is 4.63. The maximum Gasteiger partial charge on any atom is 0.0780 e. The second-order valence-electron chi connectivity index (χ2n) is 5.74. The van der Waals surface area contributed by atoms with E-state index in [0.717, 1.165) is 44.2 Å². The van der Waals surface area contributed by atoms with Gasteiger partial charge in [-0.2, -0.15) is 10.2 Å². The summed E-state index contributed by atoms with van der Waals surface area (Å²) in [5.74, 6) is 0. The Labute approximate surface area is 137 Å². The van der Waals surface area contributed by atoms with Gasteiger partial charge in [0.2, 0.25) is 0 Å². The van der Waals surface area contributed by atoms with Gasteiger partial charge < -0.3 is 0 Å². The highest BCUT2D eigenvalue weighted by atomic mass is 15.1. The van der Waals surface area contributed by atoms with Crippen molar-refractivity contribution in [3.63, 3.8) is 0 Å². The Kier molecular flexibility index (Phi) is 2.72. The van der Waals surface area contributed by atoms with Crippen LogP contribution in [-0.4, -0.2) is 25.4 Å². The van der Waals surface area contributed by atoms with Crippen LogP contribution in [0.3, 0.4) is 0 Å². The standard InChI is InChI=1S/C19H13N5/c1-2-16(12-3-5-17-14(8-12)10-21-23-17)19(20-7-1)13-4-6-18-15(9-13)11-22-24-18/h1-11H,(H,21,23)(H,22,24). The minimum absolute atomic E-state index is 0.962. The highest BCUT2D eigenvalue weighted by Gasteiger charge is 2.10. The van der Waals surface area contributed by atoms with Crippen LogP contribution in [-0.2, 0) is 0 Å². The maximum absolute atomic E-state index is 4.63. The first-order valence-corrected chi connectivity index (χ1v) is 7.70. The summed E-state index contributed by atoms with van der Waals surface area (Å²) in [6, 6.07) is 16.6. The number of pyridine rings is 1. The number of hydrogen-bond donors (Lipinski definition) is 2. The minimum Gasteiger partial charge on any atom is -0.278 e. The molecule has 3 aromatic heterocycles. The van der Waals surface area contributed by atoms with Gasteiger partial charge in [0.15, 0.2) is 0 Å². The molecular formula is C19H13N5. The van der Waals surface area contributed by atoms with E-state index in [4.69, 9.17) is 0 Å². The smallest absolute Gasteiger partial charge is 0.0780 e. The largest absolute Gasteiger partial charge is 0.278 e. The van der Waals surface area contributed by atoms with Crippen molar-refractivity contribution >= 4 is 21.8 Å². The Bertz CT molecular complexity index is 1080. The van der Waals surface area contributed by atoms with E-state index in [-0.39, 0.29) is 0 Å². The average molecular weight is 311 g/mol. The monoisotopic (exact) mass is 311 g/mol.